The molecule has 0 saturated carbocycles. The van der Waals surface area contributed by atoms with Crippen molar-refractivity contribution >= 4 is 13.5 Å². The average molecular weight is 353 g/mol. The number of phenolic OH excluding ortho intramolecular Hbond substituents is 1. The fourth-order valence-electron chi connectivity index (χ4n) is 2.80. The Labute approximate surface area is 139 Å². The molecule has 0 aromatic heterocycles. The zero-order valence-electron chi connectivity index (χ0n) is 13.1. The highest BCUT2D eigenvalue weighted by Crippen LogP contribution is 2.36. The summed E-state index contributed by atoms with van der Waals surface area (Å²) < 4.78 is 11.2. The first kappa shape index (κ1) is 18.4. The molecule has 0 radical (unpaired) electrons. The van der Waals surface area contributed by atoms with Gasteiger partial charge >= 0.3 is 7.75 Å². The minimum Gasteiger partial charge on any atom is -0.508 e. The molecule has 2 unspecified atom stereocenters. The second-order valence-corrected chi connectivity index (χ2v) is 6.88. The lowest BCUT2D eigenvalue weighted by Gasteiger charge is -2.27. The second-order valence-electron chi connectivity index (χ2n) is 5.57. The van der Waals surface area contributed by atoms with E-state index in [2.05, 4.69) is 0 Å². The van der Waals surface area contributed by atoms with E-state index in [0.717, 1.165) is 0 Å². The number of hydrogen-bond donors (Lipinski definition) is 5. The summed E-state index contributed by atoms with van der Waals surface area (Å²) in [5, 5.41) is 22.1. The lowest BCUT2D eigenvalue weighted by atomic mass is 9.83. The molecule has 0 spiro atoms. The summed E-state index contributed by atoms with van der Waals surface area (Å²) in [4.78, 5) is 30.4. The van der Waals surface area contributed by atoms with Crippen molar-refractivity contribution in [2.24, 2.45) is 0 Å². The van der Waals surface area contributed by atoms with Gasteiger partial charge in [-0.15, -0.1) is 0 Å². The Kier molecular flexibility index (Phi) is 5.62. The first-order valence-electron chi connectivity index (χ1n) is 7.47. The molecule has 7 nitrogen and oxygen atoms in total. The lowest BCUT2D eigenvalue weighted by molar-refractivity contribution is -0.112. The average Bonchev–Trinajstić information content (AvgIpc) is 2.48. The van der Waals surface area contributed by atoms with Gasteiger partial charge in [-0.2, -0.15) is 0 Å². The van der Waals surface area contributed by atoms with Crippen LogP contribution in [0.2, 0.25) is 0 Å². The Morgan fingerprint density at radius 3 is 2.42 bits per heavy atom. The number of aromatic hydroxyl groups is 1. The van der Waals surface area contributed by atoms with Crippen LogP contribution in [-0.4, -0.2) is 31.9 Å². The van der Waals surface area contributed by atoms with E-state index < -0.39 is 25.6 Å². The first-order chi connectivity index (χ1) is 11.2. The van der Waals surface area contributed by atoms with Gasteiger partial charge in [0.2, 0.25) is 0 Å². The van der Waals surface area contributed by atoms with Gasteiger partial charge in [0, 0.05) is 23.6 Å². The van der Waals surface area contributed by atoms with Gasteiger partial charge in [0.1, 0.15) is 5.75 Å². The molecular formula is C16H20NO6P. The Morgan fingerprint density at radius 2 is 1.88 bits per heavy atom. The Balaban J connectivity index is 2.41. The summed E-state index contributed by atoms with van der Waals surface area (Å²) >= 11 is 0. The summed E-state index contributed by atoms with van der Waals surface area (Å²) in [5.74, 6) is -0.852. The van der Waals surface area contributed by atoms with Crippen LogP contribution >= 0.6 is 7.75 Å². The summed E-state index contributed by atoms with van der Waals surface area (Å²) in [6.45, 7) is 1.83. The van der Waals surface area contributed by atoms with Crippen LogP contribution in [0.1, 0.15) is 31.2 Å². The molecule has 8 heteroatoms. The smallest absolute Gasteiger partial charge is 0.427 e. The molecule has 1 aromatic carbocycles. The third-order valence-corrected chi connectivity index (χ3v) is 4.46. The molecule has 0 aliphatic heterocycles. The van der Waals surface area contributed by atoms with Crippen LogP contribution in [0.25, 0.3) is 0 Å². The monoisotopic (exact) mass is 353 g/mol. The van der Waals surface area contributed by atoms with Crippen LogP contribution in [-0.2, 0) is 9.36 Å². The van der Waals surface area contributed by atoms with Gasteiger partial charge in [0.25, 0.3) is 0 Å². The molecule has 0 bridgehead atoms. The summed E-state index contributed by atoms with van der Waals surface area (Å²) in [7, 11) is -4.59. The largest absolute Gasteiger partial charge is 0.508 e. The molecule has 0 amide bonds. The minimum absolute atomic E-state index is 0.0283. The number of carbonyl (C=O) groups excluding carboxylic acids is 1. The maximum atomic E-state index is 12.2. The maximum Gasteiger partial charge on any atom is 0.427 e. The number of aliphatic hydroxyl groups excluding tert-OH is 1. The topological polar surface area (TPSA) is 127 Å². The van der Waals surface area contributed by atoms with Crippen LogP contribution in [0.5, 0.6) is 5.75 Å². The van der Waals surface area contributed by atoms with E-state index >= 15 is 0 Å². The number of aliphatic hydroxyl groups is 1. The van der Waals surface area contributed by atoms with Crippen LogP contribution < -0.4 is 5.09 Å². The van der Waals surface area contributed by atoms with Crippen molar-refractivity contribution in [1.82, 2.24) is 5.09 Å². The molecule has 0 heterocycles. The molecule has 2 atom stereocenters. The quantitative estimate of drug-likeness (QED) is 0.493. The van der Waals surface area contributed by atoms with E-state index in [1.165, 1.54) is 24.3 Å². The zero-order valence-corrected chi connectivity index (χ0v) is 14.0. The maximum absolute atomic E-state index is 12.2. The SMILES string of the molecule is CCC(c1ccc(O)cc1)C(O)C1=C(NP(=O)(O)O)CC=CC1=O. The van der Waals surface area contributed by atoms with Gasteiger partial charge in [-0.05, 0) is 30.2 Å². The van der Waals surface area contributed by atoms with Gasteiger partial charge in [-0.25, -0.2) is 4.57 Å². The van der Waals surface area contributed by atoms with Gasteiger partial charge in [0.15, 0.2) is 5.78 Å². The standard InChI is InChI=1S/C16H20NO6P/c1-2-12(10-6-8-11(18)9-7-10)16(20)15-13(17-24(21,22)23)4-3-5-14(15)19/h3,5-9,12,16,18,20H,2,4H2,1H3,(H3,17,21,22,23). The molecule has 1 aromatic rings. The predicted octanol–water partition coefficient (Wildman–Crippen LogP) is 1.71. The van der Waals surface area contributed by atoms with E-state index in [0.29, 0.717) is 12.0 Å². The molecule has 2 rings (SSSR count). The normalized spacial score (nSPS) is 17.8. The summed E-state index contributed by atoms with van der Waals surface area (Å²) in [5.41, 5.74) is 0.703. The number of carbonyl (C=O) groups is 1. The molecule has 0 fully saturated rings. The number of nitrogens with one attached hydrogen (secondary N) is 1. The number of phenols is 1. The van der Waals surface area contributed by atoms with Gasteiger partial charge in [-0.1, -0.05) is 25.1 Å². The van der Waals surface area contributed by atoms with Crippen molar-refractivity contribution in [3.63, 3.8) is 0 Å². The van der Waals surface area contributed by atoms with Crippen molar-refractivity contribution in [2.45, 2.75) is 31.8 Å². The van der Waals surface area contributed by atoms with Gasteiger partial charge in [-0.3, -0.25) is 9.88 Å². The molecule has 0 saturated heterocycles. The van der Waals surface area contributed by atoms with E-state index in [1.807, 2.05) is 12.0 Å². The Morgan fingerprint density at radius 1 is 1.25 bits per heavy atom. The van der Waals surface area contributed by atoms with E-state index in [1.54, 1.807) is 12.1 Å². The van der Waals surface area contributed by atoms with Crippen molar-refractivity contribution in [2.75, 3.05) is 0 Å². The van der Waals surface area contributed by atoms with E-state index in [9.17, 15) is 19.6 Å². The van der Waals surface area contributed by atoms with Crippen molar-refractivity contribution in [1.29, 1.82) is 0 Å². The Hall–Kier alpha value is -1.92. The molecule has 1 aliphatic rings. The fourth-order valence-corrected chi connectivity index (χ4v) is 3.37. The number of benzene rings is 1. The molecule has 1 aliphatic carbocycles. The highest BCUT2D eigenvalue weighted by molar-refractivity contribution is 7.49. The zero-order chi connectivity index (χ0) is 17.9. The van der Waals surface area contributed by atoms with E-state index in [-0.39, 0.29) is 23.4 Å². The number of ketones is 1. The van der Waals surface area contributed by atoms with Crippen molar-refractivity contribution in [3.05, 3.63) is 53.3 Å². The van der Waals surface area contributed by atoms with Gasteiger partial charge in [0.05, 0.1) is 6.10 Å². The van der Waals surface area contributed by atoms with Crippen LogP contribution in [0.3, 0.4) is 0 Å². The number of allylic oxidation sites excluding steroid dienone is 2. The highest BCUT2D eigenvalue weighted by atomic mass is 31.2. The third kappa shape index (κ3) is 4.33. The lowest BCUT2D eigenvalue weighted by Crippen LogP contribution is -2.30. The van der Waals surface area contributed by atoms with Crippen molar-refractivity contribution < 1.29 is 29.4 Å². The van der Waals surface area contributed by atoms with Crippen molar-refractivity contribution in [3.8, 4) is 5.75 Å². The molecule has 5 N–H and O–H groups in total. The molecular weight excluding hydrogens is 333 g/mol. The predicted molar refractivity (Wildman–Crippen MR) is 88.1 cm³/mol. The first-order valence-corrected chi connectivity index (χ1v) is 9.09. The highest BCUT2D eigenvalue weighted by Gasteiger charge is 2.32. The second kappa shape index (κ2) is 7.32. The van der Waals surface area contributed by atoms with Gasteiger partial charge < -0.3 is 20.0 Å². The molecule has 130 valence electrons. The van der Waals surface area contributed by atoms with Crippen LogP contribution in [0, 0.1) is 0 Å². The third-order valence-electron chi connectivity index (χ3n) is 3.90. The number of hydrogen-bond acceptors (Lipinski definition) is 4. The Bertz CT molecular complexity index is 719. The fraction of sp³-hybridized carbons (Fsp3) is 0.312. The van der Waals surface area contributed by atoms with Crippen LogP contribution in [0.4, 0.5) is 0 Å². The van der Waals surface area contributed by atoms with E-state index in [4.69, 9.17) is 9.79 Å². The summed E-state index contributed by atoms with van der Waals surface area (Å²) in [6.07, 6.45) is 2.15. The summed E-state index contributed by atoms with van der Waals surface area (Å²) in [6, 6.07) is 6.26. The number of rotatable bonds is 6. The molecule has 24 heavy (non-hydrogen) atoms. The van der Waals surface area contributed by atoms with Crippen LogP contribution in [0.15, 0.2) is 47.7 Å². The minimum atomic E-state index is -4.59.